The van der Waals surface area contributed by atoms with E-state index in [0.29, 0.717) is 0 Å². The second-order valence-electron chi connectivity index (χ2n) is 6.71. The van der Waals surface area contributed by atoms with Crippen LogP contribution in [0.2, 0.25) is 5.02 Å². The lowest BCUT2D eigenvalue weighted by Gasteiger charge is -2.27. The van der Waals surface area contributed by atoms with Crippen molar-refractivity contribution < 1.29 is 13.0 Å². The smallest absolute Gasteiger partial charge is 0.294 e. The summed E-state index contributed by atoms with van der Waals surface area (Å²) in [7, 11) is -4.02. The molecule has 0 bridgehead atoms. The molecule has 0 fully saturated rings. The van der Waals surface area contributed by atoms with Crippen molar-refractivity contribution in [1.82, 2.24) is 4.90 Å². The van der Waals surface area contributed by atoms with Gasteiger partial charge in [0.15, 0.2) is 0 Å². The van der Waals surface area contributed by atoms with E-state index in [9.17, 15) is 8.42 Å². The summed E-state index contributed by atoms with van der Waals surface area (Å²) in [4.78, 5) is 3.96. The lowest BCUT2D eigenvalue weighted by Crippen LogP contribution is -2.29. The van der Waals surface area contributed by atoms with Crippen LogP contribution < -0.4 is 0 Å². The number of hydrogen-bond donors (Lipinski definition) is 1. The third-order valence-corrected chi connectivity index (χ3v) is 6.82. The molecule has 28 heavy (non-hydrogen) atoms. The lowest BCUT2D eigenvalue weighted by atomic mass is 10.1. The van der Waals surface area contributed by atoms with Gasteiger partial charge in [0, 0.05) is 29.5 Å². The van der Waals surface area contributed by atoms with Crippen LogP contribution in [0, 0.1) is 6.92 Å². The zero-order valence-corrected chi connectivity index (χ0v) is 17.9. The SMILES string of the molecule is Cc1ccc(S(=O)(=O)O)cc1.Clc1ccccc1CN1CCc2sccc2C1. The molecule has 0 amide bonds. The molecule has 0 radical (unpaired) electrons. The Labute approximate surface area is 175 Å². The zero-order chi connectivity index (χ0) is 20.1. The molecule has 4 rings (SSSR count). The van der Waals surface area contributed by atoms with Gasteiger partial charge < -0.3 is 0 Å². The van der Waals surface area contributed by atoms with Gasteiger partial charge in [-0.2, -0.15) is 8.42 Å². The summed E-state index contributed by atoms with van der Waals surface area (Å²) in [5, 5.41) is 3.08. The molecule has 1 N–H and O–H groups in total. The molecule has 0 spiro atoms. The second-order valence-corrected chi connectivity index (χ2v) is 9.54. The van der Waals surface area contributed by atoms with Crippen LogP contribution in [0.25, 0.3) is 0 Å². The number of thiophene rings is 1. The molecule has 0 aliphatic carbocycles. The summed E-state index contributed by atoms with van der Waals surface area (Å²) in [5.74, 6) is 0. The number of rotatable bonds is 3. The third kappa shape index (κ3) is 5.65. The summed E-state index contributed by atoms with van der Waals surface area (Å²) in [6, 6.07) is 16.4. The normalized spacial score (nSPS) is 14.1. The lowest BCUT2D eigenvalue weighted by molar-refractivity contribution is 0.247. The van der Waals surface area contributed by atoms with Crippen molar-refractivity contribution in [3.05, 3.63) is 86.6 Å². The van der Waals surface area contributed by atoms with Crippen LogP contribution in [0.15, 0.2) is 64.9 Å². The van der Waals surface area contributed by atoms with Crippen LogP contribution in [0.4, 0.5) is 0 Å². The van der Waals surface area contributed by atoms with Gasteiger partial charge >= 0.3 is 0 Å². The highest BCUT2D eigenvalue weighted by molar-refractivity contribution is 7.85. The van der Waals surface area contributed by atoms with E-state index in [4.69, 9.17) is 16.2 Å². The van der Waals surface area contributed by atoms with Gasteiger partial charge in [0.2, 0.25) is 0 Å². The minimum Gasteiger partial charge on any atom is -0.294 e. The monoisotopic (exact) mass is 435 g/mol. The number of fused-ring (bicyclic) bond motifs is 1. The maximum Gasteiger partial charge on any atom is 0.294 e. The van der Waals surface area contributed by atoms with E-state index in [-0.39, 0.29) is 4.90 Å². The van der Waals surface area contributed by atoms with Crippen LogP contribution >= 0.6 is 22.9 Å². The summed E-state index contributed by atoms with van der Waals surface area (Å²) in [6.07, 6.45) is 1.18. The minimum absolute atomic E-state index is 0.0666. The van der Waals surface area contributed by atoms with Crippen LogP contribution in [0.5, 0.6) is 0 Å². The van der Waals surface area contributed by atoms with E-state index < -0.39 is 10.1 Å². The molecule has 148 valence electrons. The highest BCUT2D eigenvalue weighted by Crippen LogP contribution is 2.26. The molecule has 2 heterocycles. The van der Waals surface area contributed by atoms with Crippen molar-refractivity contribution in [3.63, 3.8) is 0 Å². The van der Waals surface area contributed by atoms with E-state index in [1.54, 1.807) is 17.0 Å². The fourth-order valence-corrected chi connectivity index (χ4v) is 4.58. The average molecular weight is 436 g/mol. The Balaban J connectivity index is 0.000000178. The summed E-state index contributed by atoms with van der Waals surface area (Å²) in [6.45, 7) is 4.99. The quantitative estimate of drug-likeness (QED) is 0.574. The summed E-state index contributed by atoms with van der Waals surface area (Å²) in [5.41, 5.74) is 3.68. The number of benzene rings is 2. The van der Waals surface area contributed by atoms with Crippen LogP contribution in [0.3, 0.4) is 0 Å². The fraction of sp³-hybridized carbons (Fsp3) is 0.238. The van der Waals surface area contributed by atoms with Crippen LogP contribution in [-0.4, -0.2) is 24.4 Å². The van der Waals surface area contributed by atoms with Gasteiger partial charge in [-0.25, -0.2) is 0 Å². The molecule has 1 aromatic heterocycles. The Kier molecular flexibility index (Phi) is 6.91. The van der Waals surface area contributed by atoms with Crippen LogP contribution in [0.1, 0.15) is 21.6 Å². The van der Waals surface area contributed by atoms with Gasteiger partial charge in [-0.1, -0.05) is 47.5 Å². The van der Waals surface area contributed by atoms with E-state index in [1.165, 1.54) is 29.7 Å². The maximum absolute atomic E-state index is 10.5. The first-order valence-corrected chi connectivity index (χ1v) is 11.6. The Bertz CT molecular complexity index is 1030. The first kappa shape index (κ1) is 21.0. The first-order chi connectivity index (χ1) is 13.3. The van der Waals surface area contributed by atoms with Gasteiger partial charge in [0.05, 0.1) is 4.90 Å². The second kappa shape index (κ2) is 9.20. The van der Waals surface area contributed by atoms with Crippen molar-refractivity contribution in [2.24, 2.45) is 0 Å². The summed E-state index contributed by atoms with van der Waals surface area (Å²) < 4.78 is 29.6. The van der Waals surface area contributed by atoms with E-state index in [1.807, 2.05) is 30.4 Å². The molecule has 2 aromatic carbocycles. The maximum atomic E-state index is 10.5. The molecule has 0 saturated heterocycles. The van der Waals surface area contributed by atoms with Crippen molar-refractivity contribution in [1.29, 1.82) is 0 Å². The number of halogens is 1. The Morgan fingerprint density at radius 2 is 1.82 bits per heavy atom. The highest BCUT2D eigenvalue weighted by Gasteiger charge is 2.17. The zero-order valence-electron chi connectivity index (χ0n) is 15.5. The van der Waals surface area contributed by atoms with Crippen molar-refractivity contribution in [3.8, 4) is 0 Å². The van der Waals surface area contributed by atoms with Gasteiger partial charge in [-0.15, -0.1) is 11.3 Å². The van der Waals surface area contributed by atoms with E-state index in [0.717, 1.165) is 30.2 Å². The molecule has 1 aliphatic heterocycles. The molecule has 0 unspecified atom stereocenters. The Morgan fingerprint density at radius 3 is 2.50 bits per heavy atom. The topological polar surface area (TPSA) is 57.6 Å². The molecule has 1 aliphatic rings. The first-order valence-electron chi connectivity index (χ1n) is 8.88. The predicted molar refractivity (Wildman–Crippen MR) is 115 cm³/mol. The van der Waals surface area contributed by atoms with Gasteiger partial charge in [0.1, 0.15) is 0 Å². The van der Waals surface area contributed by atoms with Crippen molar-refractivity contribution >= 4 is 33.1 Å². The Hall–Kier alpha value is -1.70. The number of aryl methyl sites for hydroxylation is 1. The van der Waals surface area contributed by atoms with Gasteiger partial charge in [0.25, 0.3) is 10.1 Å². The molecule has 7 heteroatoms. The highest BCUT2D eigenvalue weighted by atomic mass is 35.5. The van der Waals surface area contributed by atoms with E-state index >= 15 is 0 Å². The van der Waals surface area contributed by atoms with Crippen molar-refractivity contribution in [2.45, 2.75) is 31.3 Å². The molecular formula is C21H22ClNO3S2. The molecular weight excluding hydrogens is 414 g/mol. The third-order valence-electron chi connectivity index (χ3n) is 4.56. The molecule has 0 atom stereocenters. The molecule has 3 aromatic rings. The van der Waals surface area contributed by atoms with Gasteiger partial charge in [-0.05, 0) is 54.1 Å². The fourth-order valence-electron chi connectivity index (χ4n) is 3.02. The Morgan fingerprint density at radius 1 is 1.11 bits per heavy atom. The number of hydrogen-bond acceptors (Lipinski definition) is 4. The average Bonchev–Trinajstić information content (AvgIpc) is 3.12. The van der Waals surface area contributed by atoms with Crippen molar-refractivity contribution in [2.75, 3.05) is 6.54 Å². The van der Waals surface area contributed by atoms with Crippen LogP contribution in [-0.2, 0) is 29.6 Å². The number of nitrogens with zero attached hydrogens (tertiary/aromatic N) is 1. The molecule has 0 saturated carbocycles. The van der Waals surface area contributed by atoms with Gasteiger partial charge in [-0.3, -0.25) is 9.45 Å². The van der Waals surface area contributed by atoms with E-state index in [2.05, 4.69) is 28.5 Å². The minimum atomic E-state index is -4.02. The predicted octanol–water partition coefficient (Wildman–Crippen LogP) is 5.20. The molecule has 4 nitrogen and oxygen atoms in total. The summed E-state index contributed by atoms with van der Waals surface area (Å²) >= 11 is 8.08. The largest absolute Gasteiger partial charge is 0.294 e. The standard InChI is InChI=1S/C14H14ClNS.C7H8O3S/c15-13-4-2-1-3-11(13)9-16-7-5-14-12(10-16)6-8-17-14;1-6-2-4-7(5-3-6)11(8,9)10/h1-4,6,8H,5,7,9-10H2;2-5H,1H3,(H,8,9,10).